The first kappa shape index (κ1) is 16.4. The fraction of sp³-hybridized carbons (Fsp3) is 0.611. The molecule has 3 heterocycles. The number of rotatable bonds is 4. The second kappa shape index (κ2) is 6.37. The molecule has 4 rings (SSSR count). The van der Waals surface area contributed by atoms with E-state index in [4.69, 9.17) is 28.4 Å². The van der Waals surface area contributed by atoms with Crippen LogP contribution in [0.2, 0.25) is 0 Å². The smallest absolute Gasteiger partial charge is 0.221 e. The Morgan fingerprint density at radius 3 is 2.62 bits per heavy atom. The van der Waals surface area contributed by atoms with Gasteiger partial charge >= 0.3 is 0 Å². The van der Waals surface area contributed by atoms with E-state index in [0.29, 0.717) is 19.5 Å². The van der Waals surface area contributed by atoms with E-state index < -0.39 is 12.1 Å². The van der Waals surface area contributed by atoms with Gasteiger partial charge in [-0.1, -0.05) is 30.3 Å². The molecule has 3 aliphatic heterocycles. The van der Waals surface area contributed by atoms with Gasteiger partial charge in [0.1, 0.15) is 24.4 Å². The third kappa shape index (κ3) is 3.22. The molecule has 0 aliphatic carbocycles. The van der Waals surface area contributed by atoms with E-state index in [9.17, 15) is 0 Å². The molecule has 6 heteroatoms. The van der Waals surface area contributed by atoms with Crippen LogP contribution in [0.4, 0.5) is 0 Å². The van der Waals surface area contributed by atoms with Crippen LogP contribution in [0.1, 0.15) is 26.3 Å². The predicted molar refractivity (Wildman–Crippen MR) is 83.5 cm³/mol. The number of hydrogen-bond donors (Lipinski definition) is 0. The summed E-state index contributed by atoms with van der Waals surface area (Å²) in [4.78, 5) is 0. The third-order valence-corrected chi connectivity index (χ3v) is 4.45. The largest absolute Gasteiger partial charge is 0.368 e. The molecule has 0 N–H and O–H groups in total. The Balaban J connectivity index is 1.49. The van der Waals surface area contributed by atoms with Crippen LogP contribution >= 0.6 is 0 Å². The van der Waals surface area contributed by atoms with Crippen molar-refractivity contribution in [1.82, 2.24) is 0 Å². The highest BCUT2D eigenvalue weighted by atomic mass is 16.8. The average Bonchev–Trinajstić information content (AvgIpc) is 3.18. The Morgan fingerprint density at radius 2 is 1.92 bits per heavy atom. The molecule has 0 unspecified atom stereocenters. The maximum Gasteiger partial charge on any atom is 0.221 e. The van der Waals surface area contributed by atoms with Crippen LogP contribution in [-0.2, 0) is 35.0 Å². The van der Waals surface area contributed by atoms with Gasteiger partial charge in [0, 0.05) is 0 Å². The molecule has 131 valence electrons. The summed E-state index contributed by atoms with van der Waals surface area (Å²) in [7, 11) is 0. The van der Waals surface area contributed by atoms with Crippen molar-refractivity contribution in [3.05, 3.63) is 42.2 Å². The lowest BCUT2D eigenvalue weighted by Gasteiger charge is -2.28. The number of ether oxygens (including phenoxy) is 6. The summed E-state index contributed by atoms with van der Waals surface area (Å²) in [6.45, 7) is 6.49. The van der Waals surface area contributed by atoms with Crippen LogP contribution < -0.4 is 0 Å². The van der Waals surface area contributed by atoms with Gasteiger partial charge in [0.05, 0.1) is 13.2 Å². The van der Waals surface area contributed by atoms with Crippen molar-refractivity contribution in [2.45, 2.75) is 63.9 Å². The fourth-order valence-corrected chi connectivity index (χ4v) is 3.40. The minimum Gasteiger partial charge on any atom is -0.368 e. The van der Waals surface area contributed by atoms with Crippen molar-refractivity contribution < 1.29 is 28.4 Å². The molecule has 1 radical (unpaired) electrons. The highest BCUT2D eigenvalue weighted by molar-refractivity contribution is 5.13. The summed E-state index contributed by atoms with van der Waals surface area (Å²) in [5.41, 5.74) is 1.10. The van der Waals surface area contributed by atoms with E-state index in [0.717, 1.165) is 5.56 Å². The number of hydrogen-bond acceptors (Lipinski definition) is 6. The first-order valence-electron chi connectivity index (χ1n) is 8.31. The van der Waals surface area contributed by atoms with Crippen LogP contribution in [0, 0.1) is 6.29 Å². The lowest BCUT2D eigenvalue weighted by molar-refractivity contribution is -0.229. The molecular weight excluding hydrogens is 312 g/mol. The topological polar surface area (TPSA) is 55.4 Å². The van der Waals surface area contributed by atoms with Crippen molar-refractivity contribution in [2.24, 2.45) is 0 Å². The monoisotopic (exact) mass is 335 g/mol. The van der Waals surface area contributed by atoms with Crippen molar-refractivity contribution in [2.75, 3.05) is 6.61 Å². The molecule has 6 nitrogen and oxygen atoms in total. The molecule has 1 aromatic rings. The lowest BCUT2D eigenvalue weighted by Crippen LogP contribution is -2.43. The van der Waals surface area contributed by atoms with Gasteiger partial charge in [-0.05, 0) is 26.3 Å². The maximum absolute atomic E-state index is 6.18. The first-order valence-corrected chi connectivity index (χ1v) is 8.31. The molecule has 24 heavy (non-hydrogen) atoms. The summed E-state index contributed by atoms with van der Waals surface area (Å²) < 4.78 is 35.3. The average molecular weight is 335 g/mol. The van der Waals surface area contributed by atoms with Gasteiger partial charge in [0.15, 0.2) is 12.1 Å². The third-order valence-electron chi connectivity index (χ3n) is 4.45. The second-order valence-corrected chi connectivity index (χ2v) is 6.79. The van der Waals surface area contributed by atoms with E-state index in [1.165, 1.54) is 0 Å². The zero-order chi connectivity index (χ0) is 16.7. The minimum atomic E-state index is -0.677. The van der Waals surface area contributed by atoms with Crippen LogP contribution in [-0.4, -0.2) is 43.1 Å². The normalized spacial score (nSPS) is 38.5. The zero-order valence-electron chi connectivity index (χ0n) is 14.1. The standard InChI is InChI=1S/C18H23O6/c1-11-19-10-13(21-11)14-15(20-9-12-7-5-4-6-8-12)16-17(22-14)24-18(2,3)23-16/h4-8,13-17H,9-10H2,1-3H3/t13-,14-,15-,16-,17-/m1/s1. The summed E-state index contributed by atoms with van der Waals surface area (Å²) in [5.74, 6) is -0.677. The molecule has 1 aromatic carbocycles. The zero-order valence-corrected chi connectivity index (χ0v) is 14.1. The molecule has 0 aromatic heterocycles. The summed E-state index contributed by atoms with van der Waals surface area (Å²) in [6, 6.07) is 10.0. The summed E-state index contributed by atoms with van der Waals surface area (Å²) in [5, 5.41) is 0. The van der Waals surface area contributed by atoms with E-state index in [2.05, 4.69) is 0 Å². The van der Waals surface area contributed by atoms with Crippen molar-refractivity contribution in [3.63, 3.8) is 0 Å². The van der Waals surface area contributed by atoms with Gasteiger partial charge in [-0.3, -0.25) is 0 Å². The summed E-state index contributed by atoms with van der Waals surface area (Å²) in [6.07, 6.45) is -0.960. The lowest BCUT2D eigenvalue weighted by atomic mass is 10.1. The quantitative estimate of drug-likeness (QED) is 0.842. The van der Waals surface area contributed by atoms with Gasteiger partial charge in [-0.25, -0.2) is 0 Å². The molecule has 3 fully saturated rings. The molecular formula is C18H23O6. The van der Waals surface area contributed by atoms with Crippen LogP contribution in [0.25, 0.3) is 0 Å². The Kier molecular flexibility index (Phi) is 4.36. The fourth-order valence-electron chi connectivity index (χ4n) is 3.40. The van der Waals surface area contributed by atoms with Gasteiger partial charge in [-0.15, -0.1) is 0 Å². The second-order valence-electron chi connectivity index (χ2n) is 6.79. The predicted octanol–water partition coefficient (Wildman–Crippen LogP) is 2.37. The van der Waals surface area contributed by atoms with E-state index in [1.54, 1.807) is 6.92 Å². The Labute approximate surface area is 141 Å². The van der Waals surface area contributed by atoms with Gasteiger partial charge < -0.3 is 28.4 Å². The van der Waals surface area contributed by atoms with Crippen molar-refractivity contribution in [1.29, 1.82) is 0 Å². The Bertz CT molecular complexity index is 562. The van der Waals surface area contributed by atoms with Crippen LogP contribution in [0.5, 0.6) is 0 Å². The molecule has 3 saturated heterocycles. The Hall–Kier alpha value is -1.02. The first-order chi connectivity index (χ1) is 11.5. The molecule has 5 atom stereocenters. The highest BCUT2D eigenvalue weighted by Gasteiger charge is 2.58. The van der Waals surface area contributed by atoms with E-state index >= 15 is 0 Å². The number of fused-ring (bicyclic) bond motifs is 1. The molecule has 0 spiro atoms. The maximum atomic E-state index is 6.18. The highest BCUT2D eigenvalue weighted by Crippen LogP contribution is 2.41. The summed E-state index contributed by atoms with van der Waals surface area (Å²) >= 11 is 0. The van der Waals surface area contributed by atoms with Crippen LogP contribution in [0.3, 0.4) is 0 Å². The van der Waals surface area contributed by atoms with Gasteiger partial charge in [0.2, 0.25) is 6.29 Å². The Morgan fingerprint density at radius 1 is 1.12 bits per heavy atom. The molecule has 0 saturated carbocycles. The van der Waals surface area contributed by atoms with E-state index in [-0.39, 0.29) is 24.4 Å². The van der Waals surface area contributed by atoms with Crippen molar-refractivity contribution >= 4 is 0 Å². The van der Waals surface area contributed by atoms with Gasteiger partial charge in [-0.2, -0.15) is 0 Å². The van der Waals surface area contributed by atoms with Crippen LogP contribution in [0.15, 0.2) is 30.3 Å². The molecule has 3 aliphatic rings. The minimum absolute atomic E-state index is 0.216. The molecule has 0 bridgehead atoms. The number of benzene rings is 1. The SMILES string of the molecule is C[C]1OC[C@H]([C@H]2O[C@@H]3OC(C)(C)O[C@@H]3[C@@H]2OCc2ccccc2)O1. The van der Waals surface area contributed by atoms with Gasteiger partial charge in [0.25, 0.3) is 0 Å². The van der Waals surface area contributed by atoms with Crippen molar-refractivity contribution in [3.8, 4) is 0 Å². The molecule has 0 amide bonds. The van der Waals surface area contributed by atoms with E-state index in [1.807, 2.05) is 44.2 Å².